The summed E-state index contributed by atoms with van der Waals surface area (Å²) in [5.41, 5.74) is 0. The number of hydrogen-bond donors (Lipinski definition) is 2. The lowest BCUT2D eigenvalue weighted by Gasteiger charge is -2.12. The Balaban J connectivity index is 1.88. The van der Waals surface area contributed by atoms with E-state index in [1.165, 1.54) is 0 Å². The third-order valence-corrected chi connectivity index (χ3v) is 2.88. The first-order valence-corrected chi connectivity index (χ1v) is 6.47. The molecule has 0 bridgehead atoms. The fourth-order valence-corrected chi connectivity index (χ4v) is 1.70. The number of nitrogens with one attached hydrogen (secondary N) is 1. The second kappa shape index (κ2) is 6.97. The van der Waals surface area contributed by atoms with Crippen LogP contribution in [0, 0.1) is 0 Å². The monoisotopic (exact) mass is 261 g/mol. The summed E-state index contributed by atoms with van der Waals surface area (Å²) < 4.78 is 11.1. The van der Waals surface area contributed by atoms with Crippen molar-refractivity contribution in [1.29, 1.82) is 0 Å². The lowest BCUT2D eigenvalue weighted by Crippen LogP contribution is -2.30. The molecule has 102 valence electrons. The van der Waals surface area contributed by atoms with Crippen LogP contribution in [0.2, 0.25) is 0 Å². The first-order chi connectivity index (χ1) is 9.31. The van der Waals surface area contributed by atoms with Crippen LogP contribution in [-0.2, 0) is 6.54 Å². The number of ether oxygens (including phenoxy) is 1. The number of benzene rings is 1. The third kappa shape index (κ3) is 4.12. The van der Waals surface area contributed by atoms with Crippen molar-refractivity contribution >= 4 is 0 Å². The second-order valence-electron chi connectivity index (χ2n) is 4.30. The van der Waals surface area contributed by atoms with Crippen molar-refractivity contribution in [2.75, 3.05) is 6.61 Å². The van der Waals surface area contributed by atoms with E-state index in [9.17, 15) is 0 Å². The molecule has 2 rings (SSSR count). The summed E-state index contributed by atoms with van der Waals surface area (Å²) in [6.45, 7) is 2.74. The standard InChI is InChI=1S/C15H19NO3/c1-2-12(11-17)16-10-14-8-9-15(19-14)18-13-6-4-3-5-7-13/h3-9,12,16-17H,2,10-11H2,1H3. The van der Waals surface area contributed by atoms with Crippen molar-refractivity contribution in [3.63, 3.8) is 0 Å². The van der Waals surface area contributed by atoms with Gasteiger partial charge in [-0.2, -0.15) is 0 Å². The van der Waals surface area contributed by atoms with Gasteiger partial charge in [-0.25, -0.2) is 0 Å². The SMILES string of the molecule is CCC(CO)NCc1ccc(Oc2ccccc2)o1. The van der Waals surface area contributed by atoms with E-state index < -0.39 is 0 Å². The maximum atomic E-state index is 9.09. The van der Waals surface area contributed by atoms with Crippen LogP contribution in [0.15, 0.2) is 46.9 Å². The minimum atomic E-state index is 0.101. The fraction of sp³-hybridized carbons (Fsp3) is 0.333. The number of furan rings is 1. The van der Waals surface area contributed by atoms with Crippen LogP contribution in [-0.4, -0.2) is 17.8 Å². The number of aliphatic hydroxyl groups is 1. The maximum absolute atomic E-state index is 9.09. The number of aliphatic hydroxyl groups excluding tert-OH is 1. The zero-order chi connectivity index (χ0) is 13.5. The Kier molecular flexibility index (Phi) is 5.01. The van der Waals surface area contributed by atoms with Crippen LogP contribution >= 0.6 is 0 Å². The number of para-hydroxylation sites is 1. The Bertz CT molecular complexity index is 477. The van der Waals surface area contributed by atoms with Crippen LogP contribution in [0.3, 0.4) is 0 Å². The molecule has 19 heavy (non-hydrogen) atoms. The summed E-state index contributed by atoms with van der Waals surface area (Å²) in [6.07, 6.45) is 0.880. The average molecular weight is 261 g/mol. The average Bonchev–Trinajstić information content (AvgIpc) is 2.89. The molecule has 0 aliphatic carbocycles. The highest BCUT2D eigenvalue weighted by atomic mass is 16.6. The molecule has 4 nitrogen and oxygen atoms in total. The van der Waals surface area contributed by atoms with E-state index in [1.807, 2.05) is 43.3 Å². The molecule has 0 aliphatic rings. The first-order valence-electron chi connectivity index (χ1n) is 6.47. The minimum Gasteiger partial charge on any atom is -0.429 e. The molecule has 1 unspecified atom stereocenters. The van der Waals surface area contributed by atoms with E-state index >= 15 is 0 Å². The zero-order valence-corrected chi connectivity index (χ0v) is 11.0. The first kappa shape index (κ1) is 13.6. The predicted octanol–water partition coefficient (Wildman–Crippen LogP) is 2.93. The summed E-state index contributed by atoms with van der Waals surface area (Å²) in [4.78, 5) is 0. The molecular formula is C15H19NO3. The highest BCUT2D eigenvalue weighted by molar-refractivity contribution is 5.26. The lowest BCUT2D eigenvalue weighted by atomic mass is 10.2. The number of hydrogen-bond acceptors (Lipinski definition) is 4. The Morgan fingerprint density at radius 1 is 1.21 bits per heavy atom. The van der Waals surface area contributed by atoms with Gasteiger partial charge in [0, 0.05) is 12.1 Å². The molecule has 1 heterocycles. The van der Waals surface area contributed by atoms with E-state index in [-0.39, 0.29) is 12.6 Å². The summed E-state index contributed by atoms with van der Waals surface area (Å²) in [5, 5.41) is 12.3. The van der Waals surface area contributed by atoms with Crippen molar-refractivity contribution < 1.29 is 14.3 Å². The highest BCUT2D eigenvalue weighted by Gasteiger charge is 2.07. The summed E-state index contributed by atoms with van der Waals surface area (Å²) >= 11 is 0. The van der Waals surface area contributed by atoms with E-state index in [1.54, 1.807) is 6.07 Å². The Morgan fingerprint density at radius 3 is 2.68 bits per heavy atom. The van der Waals surface area contributed by atoms with Crippen LogP contribution in [0.25, 0.3) is 0 Å². The molecular weight excluding hydrogens is 242 g/mol. The van der Waals surface area contributed by atoms with Crippen molar-refractivity contribution in [3.05, 3.63) is 48.2 Å². The maximum Gasteiger partial charge on any atom is 0.290 e. The molecule has 0 amide bonds. The lowest BCUT2D eigenvalue weighted by molar-refractivity contribution is 0.234. The molecule has 0 aliphatic heterocycles. The van der Waals surface area contributed by atoms with Crippen molar-refractivity contribution in [1.82, 2.24) is 5.32 Å². The fourth-order valence-electron chi connectivity index (χ4n) is 1.70. The van der Waals surface area contributed by atoms with E-state index in [4.69, 9.17) is 14.3 Å². The van der Waals surface area contributed by atoms with Gasteiger partial charge in [0.15, 0.2) is 0 Å². The molecule has 1 aromatic carbocycles. The van der Waals surface area contributed by atoms with Gasteiger partial charge in [-0.05, 0) is 24.6 Å². The Labute approximate surface area is 113 Å². The van der Waals surface area contributed by atoms with Gasteiger partial charge in [-0.3, -0.25) is 0 Å². The van der Waals surface area contributed by atoms with Crippen LogP contribution in [0.1, 0.15) is 19.1 Å². The molecule has 4 heteroatoms. The molecule has 2 N–H and O–H groups in total. The molecule has 0 saturated heterocycles. The Hall–Kier alpha value is -1.78. The summed E-state index contributed by atoms with van der Waals surface area (Å²) in [7, 11) is 0. The van der Waals surface area contributed by atoms with Gasteiger partial charge in [0.2, 0.25) is 0 Å². The number of rotatable bonds is 7. The molecule has 1 aromatic heterocycles. The quantitative estimate of drug-likeness (QED) is 0.804. The van der Waals surface area contributed by atoms with Crippen molar-refractivity contribution in [2.24, 2.45) is 0 Å². The van der Waals surface area contributed by atoms with E-state index in [2.05, 4.69) is 5.32 Å². The van der Waals surface area contributed by atoms with Crippen LogP contribution < -0.4 is 10.1 Å². The smallest absolute Gasteiger partial charge is 0.290 e. The largest absolute Gasteiger partial charge is 0.429 e. The van der Waals surface area contributed by atoms with Gasteiger partial charge in [-0.1, -0.05) is 25.1 Å². The molecule has 0 radical (unpaired) electrons. The van der Waals surface area contributed by atoms with E-state index in [0.717, 1.165) is 17.9 Å². The van der Waals surface area contributed by atoms with Crippen LogP contribution in [0.4, 0.5) is 0 Å². The van der Waals surface area contributed by atoms with Crippen molar-refractivity contribution in [2.45, 2.75) is 25.9 Å². The molecule has 0 saturated carbocycles. The molecule has 0 fully saturated rings. The molecule has 1 atom stereocenters. The van der Waals surface area contributed by atoms with E-state index in [0.29, 0.717) is 12.5 Å². The van der Waals surface area contributed by atoms with Gasteiger partial charge in [0.25, 0.3) is 5.95 Å². The minimum absolute atomic E-state index is 0.101. The normalized spacial score (nSPS) is 12.3. The second-order valence-corrected chi connectivity index (χ2v) is 4.30. The molecule has 2 aromatic rings. The highest BCUT2D eigenvalue weighted by Crippen LogP contribution is 2.23. The zero-order valence-electron chi connectivity index (χ0n) is 11.0. The van der Waals surface area contributed by atoms with Crippen LogP contribution in [0.5, 0.6) is 11.7 Å². The van der Waals surface area contributed by atoms with Gasteiger partial charge < -0.3 is 19.6 Å². The topological polar surface area (TPSA) is 54.6 Å². The van der Waals surface area contributed by atoms with Gasteiger partial charge in [-0.15, -0.1) is 0 Å². The van der Waals surface area contributed by atoms with Crippen molar-refractivity contribution in [3.8, 4) is 11.7 Å². The van der Waals surface area contributed by atoms with Gasteiger partial charge >= 0.3 is 0 Å². The third-order valence-electron chi connectivity index (χ3n) is 2.88. The predicted molar refractivity (Wildman–Crippen MR) is 73.2 cm³/mol. The van der Waals surface area contributed by atoms with Gasteiger partial charge in [0.05, 0.1) is 13.2 Å². The summed E-state index contributed by atoms with van der Waals surface area (Å²) in [6, 6.07) is 13.3. The van der Waals surface area contributed by atoms with Gasteiger partial charge in [0.1, 0.15) is 11.5 Å². The molecule has 0 spiro atoms. The summed E-state index contributed by atoms with van der Waals surface area (Å²) in [5.74, 6) is 2.01. The Morgan fingerprint density at radius 2 is 2.00 bits per heavy atom.